The Morgan fingerprint density at radius 3 is 2.23 bits per heavy atom. The lowest BCUT2D eigenvalue weighted by Crippen LogP contribution is -2.15. The van der Waals surface area contributed by atoms with E-state index in [-0.39, 0.29) is 6.61 Å². The fourth-order valence-electron chi connectivity index (χ4n) is 2.21. The fourth-order valence-corrected chi connectivity index (χ4v) is 2.21. The third-order valence-corrected chi connectivity index (χ3v) is 3.55. The monoisotopic (exact) mass is 365 g/mol. The summed E-state index contributed by atoms with van der Waals surface area (Å²) in [6, 6.07) is 10.2. The van der Waals surface area contributed by atoms with Crippen molar-refractivity contribution in [1.29, 1.82) is 0 Å². The summed E-state index contributed by atoms with van der Waals surface area (Å²) in [5.41, 5.74) is 0.246. The average molecular weight is 365 g/mol. The van der Waals surface area contributed by atoms with Gasteiger partial charge in [0.2, 0.25) is 0 Å². The van der Waals surface area contributed by atoms with Crippen molar-refractivity contribution in [3.63, 3.8) is 0 Å². The summed E-state index contributed by atoms with van der Waals surface area (Å²) < 4.78 is 48.1. The van der Waals surface area contributed by atoms with Crippen molar-refractivity contribution in [3.05, 3.63) is 65.2 Å². The average Bonchev–Trinajstić information content (AvgIpc) is 2.62. The quantitative estimate of drug-likeness (QED) is 0.562. The highest BCUT2D eigenvalue weighted by Crippen LogP contribution is 2.30. The number of aliphatic imine (C=N–C) groups is 1. The summed E-state index contributed by atoms with van der Waals surface area (Å²) >= 11 is 0. The van der Waals surface area contributed by atoms with Crippen molar-refractivity contribution < 1.29 is 27.4 Å². The molecule has 0 aliphatic rings. The Balaban J connectivity index is 2.27. The second-order valence-corrected chi connectivity index (χ2v) is 5.33. The number of esters is 1. The highest BCUT2D eigenvalue weighted by molar-refractivity contribution is 5.85. The molecule has 0 N–H and O–H groups in total. The third-order valence-electron chi connectivity index (χ3n) is 3.55. The molecule has 0 aliphatic heterocycles. The number of rotatable bonds is 6. The van der Waals surface area contributed by atoms with E-state index in [4.69, 9.17) is 9.47 Å². The second kappa shape index (κ2) is 8.51. The van der Waals surface area contributed by atoms with Gasteiger partial charge in [0, 0.05) is 6.21 Å². The summed E-state index contributed by atoms with van der Waals surface area (Å²) in [6.45, 7) is 1.79. The van der Waals surface area contributed by atoms with Crippen LogP contribution in [0, 0.1) is 0 Å². The number of alkyl halides is 3. The lowest BCUT2D eigenvalue weighted by molar-refractivity contribution is -0.144. The Morgan fingerprint density at radius 2 is 1.73 bits per heavy atom. The first kappa shape index (κ1) is 19.5. The van der Waals surface area contributed by atoms with Gasteiger partial charge in [-0.15, -0.1) is 0 Å². The highest BCUT2D eigenvalue weighted by Gasteiger charge is 2.31. The van der Waals surface area contributed by atoms with Crippen LogP contribution < -0.4 is 4.74 Å². The number of carbonyl (C=O) groups is 1. The molecule has 0 saturated carbocycles. The molecule has 1 atom stereocenters. The van der Waals surface area contributed by atoms with E-state index in [1.807, 2.05) is 0 Å². The number of ether oxygens (including phenoxy) is 2. The lowest BCUT2D eigenvalue weighted by atomic mass is 10.0. The van der Waals surface area contributed by atoms with Gasteiger partial charge in [0.15, 0.2) is 6.04 Å². The summed E-state index contributed by atoms with van der Waals surface area (Å²) in [5.74, 6) is 0.0452. The van der Waals surface area contributed by atoms with E-state index in [1.165, 1.54) is 18.3 Å². The second-order valence-electron chi connectivity index (χ2n) is 5.33. The van der Waals surface area contributed by atoms with Crippen LogP contribution in [0.1, 0.15) is 29.7 Å². The van der Waals surface area contributed by atoms with Gasteiger partial charge in [-0.25, -0.2) is 4.79 Å². The molecule has 2 aromatic carbocycles. The zero-order valence-corrected chi connectivity index (χ0v) is 14.3. The number of carbonyl (C=O) groups excluding carboxylic acids is 1. The zero-order chi connectivity index (χ0) is 19.2. The highest BCUT2D eigenvalue weighted by atomic mass is 19.4. The standard InChI is InChI=1S/C19H18F3NO3/c1-3-26-18(24)17(14-6-8-15(9-7-14)19(20,21)22)23-12-13-4-10-16(25-2)11-5-13/h4-12,17H,3H2,1-2H3. The number of methoxy groups -OCH3 is 1. The lowest BCUT2D eigenvalue weighted by Gasteiger charge is -2.13. The van der Waals surface area contributed by atoms with Gasteiger partial charge in [0.25, 0.3) is 0 Å². The van der Waals surface area contributed by atoms with Gasteiger partial charge >= 0.3 is 12.1 Å². The van der Waals surface area contributed by atoms with E-state index in [9.17, 15) is 18.0 Å². The van der Waals surface area contributed by atoms with Crippen LogP contribution in [0.5, 0.6) is 5.75 Å². The van der Waals surface area contributed by atoms with Crippen molar-refractivity contribution >= 4 is 12.2 Å². The minimum absolute atomic E-state index is 0.147. The maximum absolute atomic E-state index is 12.7. The minimum Gasteiger partial charge on any atom is -0.497 e. The first-order chi connectivity index (χ1) is 12.3. The van der Waals surface area contributed by atoms with Gasteiger partial charge in [-0.2, -0.15) is 13.2 Å². The van der Waals surface area contributed by atoms with E-state index in [1.54, 1.807) is 38.3 Å². The number of benzene rings is 2. The van der Waals surface area contributed by atoms with E-state index in [0.29, 0.717) is 16.9 Å². The van der Waals surface area contributed by atoms with Crippen molar-refractivity contribution in [2.24, 2.45) is 4.99 Å². The molecule has 0 aliphatic carbocycles. The van der Waals surface area contributed by atoms with Crippen molar-refractivity contribution in [3.8, 4) is 5.75 Å². The van der Waals surface area contributed by atoms with Crippen LogP contribution in [0.25, 0.3) is 0 Å². The van der Waals surface area contributed by atoms with Gasteiger partial charge in [-0.05, 0) is 54.4 Å². The number of hydrogen-bond donors (Lipinski definition) is 0. The Kier molecular flexibility index (Phi) is 6.38. The molecule has 0 bridgehead atoms. The smallest absolute Gasteiger partial charge is 0.416 e. The van der Waals surface area contributed by atoms with Crippen LogP contribution in [0.15, 0.2) is 53.5 Å². The summed E-state index contributed by atoms with van der Waals surface area (Å²) in [6.07, 6.45) is -2.97. The van der Waals surface area contributed by atoms with Gasteiger partial charge in [-0.3, -0.25) is 4.99 Å². The number of hydrogen-bond acceptors (Lipinski definition) is 4. The predicted octanol–water partition coefficient (Wildman–Crippen LogP) is 4.44. The fraction of sp³-hybridized carbons (Fsp3) is 0.263. The van der Waals surface area contributed by atoms with Crippen LogP contribution in [0.3, 0.4) is 0 Å². The molecule has 4 nitrogen and oxygen atoms in total. The Hall–Kier alpha value is -2.83. The van der Waals surface area contributed by atoms with Gasteiger partial charge in [-0.1, -0.05) is 12.1 Å². The molecule has 2 aromatic rings. The van der Waals surface area contributed by atoms with Gasteiger partial charge < -0.3 is 9.47 Å². The van der Waals surface area contributed by atoms with Crippen LogP contribution in [0.4, 0.5) is 13.2 Å². The Morgan fingerprint density at radius 1 is 1.12 bits per heavy atom. The molecule has 2 rings (SSSR count). The molecular weight excluding hydrogens is 347 g/mol. The van der Waals surface area contributed by atoms with Crippen LogP contribution >= 0.6 is 0 Å². The van der Waals surface area contributed by atoms with Gasteiger partial charge in [0.1, 0.15) is 5.75 Å². The molecule has 0 saturated heterocycles. The predicted molar refractivity (Wildman–Crippen MR) is 91.4 cm³/mol. The largest absolute Gasteiger partial charge is 0.497 e. The SMILES string of the molecule is CCOC(=O)C(N=Cc1ccc(OC)cc1)c1ccc(C(F)(F)F)cc1. The molecule has 0 heterocycles. The number of nitrogens with zero attached hydrogens (tertiary/aromatic N) is 1. The maximum Gasteiger partial charge on any atom is 0.416 e. The first-order valence-electron chi connectivity index (χ1n) is 7.86. The normalized spacial score (nSPS) is 12.8. The number of halogens is 3. The van der Waals surface area contributed by atoms with Crippen LogP contribution in [-0.4, -0.2) is 25.9 Å². The van der Waals surface area contributed by atoms with Crippen molar-refractivity contribution in [2.45, 2.75) is 19.1 Å². The molecule has 138 valence electrons. The van der Waals surface area contributed by atoms with Crippen LogP contribution in [0.2, 0.25) is 0 Å². The van der Waals surface area contributed by atoms with Crippen molar-refractivity contribution in [2.75, 3.05) is 13.7 Å². The molecule has 1 unspecified atom stereocenters. The van der Waals surface area contributed by atoms with E-state index < -0.39 is 23.8 Å². The zero-order valence-electron chi connectivity index (χ0n) is 14.3. The summed E-state index contributed by atoms with van der Waals surface area (Å²) in [4.78, 5) is 16.4. The molecule has 0 amide bonds. The molecule has 0 spiro atoms. The third kappa shape index (κ3) is 5.08. The molecule has 0 aromatic heterocycles. The Bertz CT molecular complexity index is 753. The summed E-state index contributed by atoms with van der Waals surface area (Å²) in [5, 5.41) is 0. The van der Waals surface area contributed by atoms with Crippen LogP contribution in [-0.2, 0) is 15.7 Å². The molecule has 26 heavy (non-hydrogen) atoms. The molecule has 7 heteroatoms. The van der Waals surface area contributed by atoms with E-state index in [0.717, 1.165) is 12.1 Å². The topological polar surface area (TPSA) is 47.9 Å². The van der Waals surface area contributed by atoms with Crippen molar-refractivity contribution in [1.82, 2.24) is 0 Å². The van der Waals surface area contributed by atoms with E-state index in [2.05, 4.69) is 4.99 Å². The molecule has 0 fully saturated rings. The molecule has 0 radical (unpaired) electrons. The van der Waals surface area contributed by atoms with Gasteiger partial charge in [0.05, 0.1) is 19.3 Å². The Labute approximate surface area is 149 Å². The van der Waals surface area contributed by atoms with E-state index >= 15 is 0 Å². The summed E-state index contributed by atoms with van der Waals surface area (Å²) in [7, 11) is 1.55. The minimum atomic E-state index is -4.44. The first-order valence-corrected chi connectivity index (χ1v) is 7.86. The maximum atomic E-state index is 12.7. The molecular formula is C19H18F3NO3.